The number of rotatable bonds is 5. The Balaban J connectivity index is 1.77. The van der Waals surface area contributed by atoms with Crippen LogP contribution in [-0.2, 0) is 6.42 Å². The topological polar surface area (TPSA) is 85.1 Å². The van der Waals surface area contributed by atoms with Crippen LogP contribution in [-0.4, -0.2) is 15.8 Å². The minimum atomic E-state index is -0.511. The maximum Gasteiger partial charge on any atom is 0.283 e. The van der Waals surface area contributed by atoms with Crippen molar-refractivity contribution < 1.29 is 14.1 Å². The number of aryl methyl sites for hydroxylation is 2. The van der Waals surface area contributed by atoms with Crippen molar-refractivity contribution >= 4 is 39.4 Å². The van der Waals surface area contributed by atoms with Crippen LogP contribution in [0, 0.1) is 29.8 Å². The fourth-order valence-corrected chi connectivity index (χ4v) is 4.25. The van der Waals surface area contributed by atoms with Crippen LogP contribution in [0.15, 0.2) is 30.3 Å². The van der Waals surface area contributed by atoms with Crippen LogP contribution in [0.5, 0.6) is 0 Å². The van der Waals surface area contributed by atoms with E-state index in [1.807, 2.05) is 0 Å². The van der Waals surface area contributed by atoms with Gasteiger partial charge < -0.3 is 0 Å². The first-order valence-electron chi connectivity index (χ1n) is 7.61. The molecular formula is C17H14FN3O3S2. The van der Waals surface area contributed by atoms with Gasteiger partial charge in [0.15, 0.2) is 5.13 Å². The molecule has 0 aliphatic carbocycles. The number of halogens is 1. The number of thiophene rings is 1. The molecule has 1 N–H and O–H groups in total. The summed E-state index contributed by atoms with van der Waals surface area (Å²) in [5, 5.41) is 13.9. The molecule has 0 fully saturated rings. The summed E-state index contributed by atoms with van der Waals surface area (Å²) >= 11 is 2.32. The highest BCUT2D eigenvalue weighted by Crippen LogP contribution is 2.30. The number of hydrogen-bond acceptors (Lipinski definition) is 6. The van der Waals surface area contributed by atoms with Crippen LogP contribution in [0.25, 0.3) is 0 Å². The minimum Gasteiger partial charge on any atom is -0.297 e. The third-order valence-electron chi connectivity index (χ3n) is 3.73. The number of nitrogens with one attached hydrogen (secondary N) is 1. The van der Waals surface area contributed by atoms with E-state index >= 15 is 0 Å². The molecule has 134 valence electrons. The predicted molar refractivity (Wildman–Crippen MR) is 99.7 cm³/mol. The highest BCUT2D eigenvalue weighted by molar-refractivity contribution is 7.16. The average molecular weight is 391 g/mol. The molecule has 0 bridgehead atoms. The van der Waals surface area contributed by atoms with E-state index in [0.29, 0.717) is 27.7 Å². The molecule has 0 spiro atoms. The summed E-state index contributed by atoms with van der Waals surface area (Å²) in [6, 6.07) is 7.77. The number of carbonyl (C=O) groups excluding carboxylic acids is 1. The number of amides is 1. The van der Waals surface area contributed by atoms with Gasteiger partial charge in [0.05, 0.1) is 20.4 Å². The number of benzene rings is 1. The van der Waals surface area contributed by atoms with Crippen molar-refractivity contribution in [2.75, 3.05) is 5.32 Å². The molecule has 9 heteroatoms. The number of aromatic nitrogens is 1. The first kappa shape index (κ1) is 18.2. The Morgan fingerprint density at radius 1 is 1.31 bits per heavy atom. The van der Waals surface area contributed by atoms with E-state index < -0.39 is 10.8 Å². The molecule has 0 radical (unpaired) electrons. The summed E-state index contributed by atoms with van der Waals surface area (Å²) in [6.07, 6.45) is 0.385. The Labute approximate surface area is 156 Å². The molecule has 3 rings (SSSR count). The molecule has 0 aliphatic rings. The molecule has 0 atom stereocenters. The lowest BCUT2D eigenvalue weighted by molar-refractivity contribution is -0.385. The van der Waals surface area contributed by atoms with Crippen LogP contribution in [0.2, 0.25) is 0 Å². The first-order valence-corrected chi connectivity index (χ1v) is 9.24. The number of carbonyl (C=O) groups is 1. The third kappa shape index (κ3) is 3.78. The van der Waals surface area contributed by atoms with Gasteiger partial charge in [-0.2, -0.15) is 0 Å². The first-order chi connectivity index (χ1) is 12.3. The number of thiazole rings is 1. The third-order valence-corrected chi connectivity index (χ3v) is 5.85. The van der Waals surface area contributed by atoms with Crippen LogP contribution < -0.4 is 5.32 Å². The number of anilines is 1. The van der Waals surface area contributed by atoms with Gasteiger partial charge in [0, 0.05) is 17.4 Å². The Bertz CT molecular complexity index is 997. The zero-order chi connectivity index (χ0) is 18.8. The fourth-order valence-electron chi connectivity index (χ4n) is 2.38. The van der Waals surface area contributed by atoms with Gasteiger partial charge >= 0.3 is 0 Å². The Hall–Kier alpha value is -2.65. The standard InChI is InChI=1S/C17H14FN3O3S2/c1-9-14(7-11-5-3-4-6-12(11)18)26-17(19-9)20-16(22)15-8-13(21(23)24)10(2)25-15/h3-6,8H,7H2,1-2H3,(H,19,20,22). The van der Waals surface area contributed by atoms with Crippen LogP contribution >= 0.6 is 22.7 Å². The average Bonchev–Trinajstić information content (AvgIpc) is 3.13. The van der Waals surface area contributed by atoms with E-state index in [4.69, 9.17) is 0 Å². The number of nitrogens with zero attached hydrogens (tertiary/aromatic N) is 2. The van der Waals surface area contributed by atoms with Crippen molar-refractivity contribution in [3.05, 3.63) is 72.2 Å². The van der Waals surface area contributed by atoms with Crippen LogP contribution in [0.4, 0.5) is 15.2 Å². The summed E-state index contributed by atoms with van der Waals surface area (Å²) in [7, 11) is 0. The van der Waals surface area contributed by atoms with Gasteiger partial charge in [0.2, 0.25) is 0 Å². The van der Waals surface area contributed by atoms with Crippen LogP contribution in [0.1, 0.15) is 30.7 Å². The lowest BCUT2D eigenvalue weighted by atomic mass is 10.1. The van der Waals surface area contributed by atoms with E-state index in [1.54, 1.807) is 32.0 Å². The molecule has 26 heavy (non-hydrogen) atoms. The summed E-state index contributed by atoms with van der Waals surface area (Å²) in [5.41, 5.74) is 1.19. The second-order valence-electron chi connectivity index (χ2n) is 5.56. The quantitative estimate of drug-likeness (QED) is 0.504. The predicted octanol–water partition coefficient (Wildman–Crippen LogP) is 4.71. The molecule has 0 unspecified atom stereocenters. The van der Waals surface area contributed by atoms with Crippen molar-refractivity contribution in [3.63, 3.8) is 0 Å². The SMILES string of the molecule is Cc1nc(NC(=O)c2cc([N+](=O)[O-])c(C)s2)sc1Cc1ccccc1F. The summed E-state index contributed by atoms with van der Waals surface area (Å²) in [5.74, 6) is -0.732. The second kappa shape index (κ2) is 7.30. The Morgan fingerprint density at radius 3 is 2.69 bits per heavy atom. The molecule has 1 amide bonds. The Morgan fingerprint density at radius 2 is 2.04 bits per heavy atom. The van der Waals surface area contributed by atoms with Gasteiger partial charge in [-0.3, -0.25) is 20.2 Å². The van der Waals surface area contributed by atoms with E-state index in [-0.39, 0.29) is 16.4 Å². The maximum atomic E-state index is 13.8. The van der Waals surface area contributed by atoms with Crippen LogP contribution in [0.3, 0.4) is 0 Å². The van der Waals surface area contributed by atoms with E-state index in [1.165, 1.54) is 23.5 Å². The highest BCUT2D eigenvalue weighted by Gasteiger charge is 2.21. The summed E-state index contributed by atoms with van der Waals surface area (Å²) in [6.45, 7) is 3.39. The molecule has 0 aliphatic heterocycles. The minimum absolute atomic E-state index is 0.0734. The van der Waals surface area contributed by atoms with Gasteiger partial charge in [-0.25, -0.2) is 9.37 Å². The van der Waals surface area contributed by atoms with Gasteiger partial charge in [0.1, 0.15) is 5.82 Å². The molecule has 1 aromatic carbocycles. The molecule has 0 saturated carbocycles. The monoisotopic (exact) mass is 391 g/mol. The number of hydrogen-bond donors (Lipinski definition) is 1. The summed E-state index contributed by atoms with van der Waals surface area (Å²) < 4.78 is 13.8. The molecular weight excluding hydrogens is 377 g/mol. The largest absolute Gasteiger partial charge is 0.297 e. The van der Waals surface area contributed by atoms with Crippen molar-refractivity contribution in [1.29, 1.82) is 0 Å². The number of nitro groups is 1. The summed E-state index contributed by atoms with van der Waals surface area (Å²) in [4.78, 5) is 28.6. The lowest BCUT2D eigenvalue weighted by Crippen LogP contribution is -2.09. The van der Waals surface area contributed by atoms with Gasteiger partial charge in [-0.1, -0.05) is 18.2 Å². The fraction of sp³-hybridized carbons (Fsp3) is 0.176. The molecule has 2 heterocycles. The van der Waals surface area contributed by atoms with Gasteiger partial charge in [-0.15, -0.1) is 22.7 Å². The van der Waals surface area contributed by atoms with E-state index in [9.17, 15) is 19.3 Å². The molecule has 0 saturated heterocycles. The zero-order valence-electron chi connectivity index (χ0n) is 13.9. The lowest BCUT2D eigenvalue weighted by Gasteiger charge is -2.01. The highest BCUT2D eigenvalue weighted by atomic mass is 32.1. The molecule has 6 nitrogen and oxygen atoms in total. The van der Waals surface area contributed by atoms with Crippen molar-refractivity contribution in [2.24, 2.45) is 0 Å². The van der Waals surface area contributed by atoms with Crippen molar-refractivity contribution in [3.8, 4) is 0 Å². The van der Waals surface area contributed by atoms with E-state index in [2.05, 4.69) is 10.3 Å². The Kier molecular flexibility index (Phi) is 5.10. The normalized spacial score (nSPS) is 10.7. The van der Waals surface area contributed by atoms with Crippen molar-refractivity contribution in [2.45, 2.75) is 20.3 Å². The zero-order valence-corrected chi connectivity index (χ0v) is 15.5. The van der Waals surface area contributed by atoms with E-state index in [0.717, 1.165) is 16.2 Å². The van der Waals surface area contributed by atoms with Gasteiger partial charge in [-0.05, 0) is 25.5 Å². The maximum absolute atomic E-state index is 13.8. The smallest absolute Gasteiger partial charge is 0.283 e. The van der Waals surface area contributed by atoms with Crippen molar-refractivity contribution in [1.82, 2.24) is 4.98 Å². The second-order valence-corrected chi connectivity index (χ2v) is 7.90. The molecule has 3 aromatic rings. The van der Waals surface area contributed by atoms with Gasteiger partial charge in [0.25, 0.3) is 11.6 Å². The molecule has 2 aromatic heterocycles.